The van der Waals surface area contributed by atoms with Crippen LogP contribution < -0.4 is 0 Å². The lowest BCUT2D eigenvalue weighted by Crippen LogP contribution is -2.26. The zero-order chi connectivity index (χ0) is 29.4. The largest absolute Gasteiger partial charge is 0.472 e. The van der Waals surface area contributed by atoms with E-state index in [0.29, 0.717) is 19.8 Å². The highest BCUT2D eigenvalue weighted by atomic mass is 31.2. The minimum atomic E-state index is -4.03. The van der Waals surface area contributed by atoms with Gasteiger partial charge in [0.05, 0.1) is 19.8 Å². The number of hydrogen-bond donors (Lipinski definition) is 1. The van der Waals surface area contributed by atoms with Gasteiger partial charge in [-0.15, -0.1) is 0 Å². The first-order chi connectivity index (χ1) is 19.6. The van der Waals surface area contributed by atoms with E-state index in [9.17, 15) is 9.46 Å². The first-order valence-electron chi connectivity index (χ1n) is 17.4. The summed E-state index contributed by atoms with van der Waals surface area (Å²) in [5.41, 5.74) is 0. The van der Waals surface area contributed by atoms with Crippen LogP contribution in [0.1, 0.15) is 175 Å². The van der Waals surface area contributed by atoms with Gasteiger partial charge in [-0.1, -0.05) is 155 Å². The van der Waals surface area contributed by atoms with E-state index in [0.717, 1.165) is 19.3 Å². The third kappa shape index (κ3) is 31.0. The molecule has 0 aliphatic carbocycles. The van der Waals surface area contributed by atoms with E-state index in [1.54, 1.807) is 6.92 Å². The van der Waals surface area contributed by atoms with Crippen LogP contribution in [0.4, 0.5) is 0 Å². The molecule has 0 aromatic carbocycles. The number of phosphoric ester groups is 1. The fourth-order valence-electron chi connectivity index (χ4n) is 4.98. The average Bonchev–Trinajstić information content (AvgIpc) is 2.93. The van der Waals surface area contributed by atoms with E-state index in [2.05, 4.69) is 13.8 Å². The Morgan fingerprint density at radius 2 is 0.875 bits per heavy atom. The molecule has 40 heavy (non-hydrogen) atoms. The molecule has 6 nitrogen and oxygen atoms in total. The molecule has 0 saturated carbocycles. The first-order valence-corrected chi connectivity index (χ1v) is 18.9. The summed E-state index contributed by atoms with van der Waals surface area (Å²) < 4.78 is 33.7. The lowest BCUT2D eigenvalue weighted by Gasteiger charge is -2.20. The highest BCUT2D eigenvalue weighted by molar-refractivity contribution is 7.47. The van der Waals surface area contributed by atoms with Crippen LogP contribution in [0, 0.1) is 0 Å². The van der Waals surface area contributed by atoms with Gasteiger partial charge in [-0.25, -0.2) is 4.57 Å². The fraction of sp³-hybridized carbons (Fsp3) is 1.00. The minimum absolute atomic E-state index is 0.00444. The predicted molar refractivity (Wildman–Crippen MR) is 170 cm³/mol. The van der Waals surface area contributed by atoms with E-state index in [-0.39, 0.29) is 19.3 Å². The summed E-state index contributed by atoms with van der Waals surface area (Å²) in [6.45, 7) is 8.04. The van der Waals surface area contributed by atoms with Crippen LogP contribution in [0.2, 0.25) is 0 Å². The number of phosphoric acid groups is 1. The third-order valence-corrected chi connectivity index (χ3v) is 8.57. The Balaban J connectivity index is 3.87. The van der Waals surface area contributed by atoms with Gasteiger partial charge >= 0.3 is 7.82 Å². The van der Waals surface area contributed by atoms with Crippen LogP contribution in [-0.2, 0) is 23.1 Å². The Morgan fingerprint density at radius 1 is 0.500 bits per heavy atom. The molecule has 0 aliphatic rings. The highest BCUT2D eigenvalue weighted by Crippen LogP contribution is 2.43. The summed E-state index contributed by atoms with van der Waals surface area (Å²) in [6.07, 6.45) is 31.1. The predicted octanol–water partition coefficient (Wildman–Crippen LogP) is 10.9. The molecule has 0 spiro atoms. The van der Waals surface area contributed by atoms with E-state index < -0.39 is 7.82 Å². The molecule has 0 fully saturated rings. The van der Waals surface area contributed by atoms with Crippen molar-refractivity contribution in [1.29, 1.82) is 0 Å². The van der Waals surface area contributed by atoms with E-state index in [1.165, 1.54) is 135 Å². The number of hydrogen-bond acceptors (Lipinski definition) is 5. The molecular formula is C33H69O6P. The van der Waals surface area contributed by atoms with Crippen molar-refractivity contribution in [3.8, 4) is 0 Å². The van der Waals surface area contributed by atoms with Crippen LogP contribution in [0.5, 0.6) is 0 Å². The standard InChI is InChI=1S/C33H69O6P/c1-4-7-9-11-13-15-17-19-21-23-25-27-29-36-31-33(32-39-40(34,35)38-6-3)37-30-28-26-24-22-20-18-16-14-12-10-8-5-2/h33H,4-32H2,1-3H3,(H,34,35)/t33-/m1/s1. The molecule has 0 aromatic heterocycles. The van der Waals surface area contributed by atoms with Crippen molar-refractivity contribution >= 4 is 7.82 Å². The third-order valence-electron chi connectivity index (χ3n) is 7.51. The first kappa shape index (κ1) is 40.0. The maximum Gasteiger partial charge on any atom is 0.472 e. The Labute approximate surface area is 249 Å². The highest BCUT2D eigenvalue weighted by Gasteiger charge is 2.23. The zero-order valence-corrected chi connectivity index (χ0v) is 27.9. The van der Waals surface area contributed by atoms with Crippen molar-refractivity contribution in [2.24, 2.45) is 0 Å². The van der Waals surface area contributed by atoms with Crippen LogP contribution in [-0.4, -0.2) is 44.0 Å². The fourth-order valence-corrected chi connectivity index (χ4v) is 5.73. The molecule has 7 heteroatoms. The Kier molecular flexibility index (Phi) is 32.0. The van der Waals surface area contributed by atoms with Crippen molar-refractivity contribution in [2.75, 3.05) is 33.0 Å². The van der Waals surface area contributed by atoms with Gasteiger partial charge in [0.25, 0.3) is 0 Å². The van der Waals surface area contributed by atoms with Crippen molar-refractivity contribution in [2.45, 2.75) is 181 Å². The van der Waals surface area contributed by atoms with Crippen molar-refractivity contribution in [1.82, 2.24) is 0 Å². The van der Waals surface area contributed by atoms with Gasteiger partial charge in [0.1, 0.15) is 6.10 Å². The molecule has 0 bridgehead atoms. The summed E-state index contributed by atoms with van der Waals surface area (Å²) in [7, 11) is -4.03. The van der Waals surface area contributed by atoms with Gasteiger partial charge in [-0.05, 0) is 19.8 Å². The van der Waals surface area contributed by atoms with Gasteiger partial charge in [0.2, 0.25) is 0 Å². The Morgan fingerprint density at radius 3 is 1.27 bits per heavy atom. The monoisotopic (exact) mass is 592 g/mol. The second kappa shape index (κ2) is 32.0. The van der Waals surface area contributed by atoms with E-state index in [4.69, 9.17) is 18.5 Å². The van der Waals surface area contributed by atoms with Gasteiger partial charge < -0.3 is 14.4 Å². The Hall–Kier alpha value is 0.0300. The molecule has 1 unspecified atom stereocenters. The maximum absolute atomic E-state index is 11.9. The normalized spacial score (nSPS) is 14.0. The number of rotatable bonds is 34. The van der Waals surface area contributed by atoms with E-state index >= 15 is 0 Å². The van der Waals surface area contributed by atoms with Crippen LogP contribution in [0.3, 0.4) is 0 Å². The summed E-state index contributed by atoms with van der Waals surface area (Å²) in [6, 6.07) is 0. The molecule has 1 N–H and O–H groups in total. The number of unbranched alkanes of at least 4 members (excludes halogenated alkanes) is 22. The van der Waals surface area contributed by atoms with E-state index in [1.807, 2.05) is 0 Å². The Bertz CT molecular complexity index is 533. The molecular weight excluding hydrogens is 523 g/mol. The molecule has 0 radical (unpaired) electrons. The summed E-state index contributed by atoms with van der Waals surface area (Å²) in [5.74, 6) is 0. The van der Waals surface area contributed by atoms with Crippen molar-refractivity contribution in [3.63, 3.8) is 0 Å². The topological polar surface area (TPSA) is 74.2 Å². The van der Waals surface area contributed by atoms with Gasteiger partial charge in [0, 0.05) is 13.2 Å². The molecule has 0 heterocycles. The van der Waals surface area contributed by atoms with Crippen LogP contribution in [0.15, 0.2) is 0 Å². The second-order valence-corrected chi connectivity index (χ2v) is 13.0. The average molecular weight is 593 g/mol. The lowest BCUT2D eigenvalue weighted by molar-refractivity contribution is -0.0442. The quantitative estimate of drug-likeness (QED) is 0.0592. The molecule has 0 aromatic rings. The molecule has 2 atom stereocenters. The molecule has 242 valence electrons. The van der Waals surface area contributed by atoms with Gasteiger partial charge in [0.15, 0.2) is 0 Å². The molecule has 0 rings (SSSR count). The second-order valence-electron chi connectivity index (χ2n) is 11.5. The summed E-state index contributed by atoms with van der Waals surface area (Å²) in [5, 5.41) is 0. The molecule has 0 saturated heterocycles. The minimum Gasteiger partial charge on any atom is -0.379 e. The summed E-state index contributed by atoms with van der Waals surface area (Å²) in [4.78, 5) is 9.76. The van der Waals surface area contributed by atoms with Gasteiger partial charge in [-0.3, -0.25) is 9.05 Å². The lowest BCUT2D eigenvalue weighted by atomic mass is 10.1. The van der Waals surface area contributed by atoms with Crippen molar-refractivity contribution < 1.29 is 28.0 Å². The van der Waals surface area contributed by atoms with Crippen molar-refractivity contribution in [3.05, 3.63) is 0 Å². The van der Waals surface area contributed by atoms with Crippen LogP contribution in [0.25, 0.3) is 0 Å². The van der Waals surface area contributed by atoms with Crippen LogP contribution >= 0.6 is 7.82 Å². The van der Waals surface area contributed by atoms with Gasteiger partial charge in [-0.2, -0.15) is 0 Å². The molecule has 0 aliphatic heterocycles. The summed E-state index contributed by atoms with van der Waals surface area (Å²) >= 11 is 0. The maximum atomic E-state index is 11.9. The SMILES string of the molecule is CCCCCCCCCCCCCCOC[C@H](COP(=O)(O)OCC)OCCCCCCCCCCCCCC. The molecule has 0 amide bonds. The number of ether oxygens (including phenoxy) is 2. The smallest absolute Gasteiger partial charge is 0.379 e. The zero-order valence-electron chi connectivity index (χ0n) is 27.0.